The fourth-order valence-corrected chi connectivity index (χ4v) is 2.83. The van der Waals surface area contributed by atoms with Gasteiger partial charge in [-0.2, -0.15) is 11.8 Å². The first-order valence-corrected chi connectivity index (χ1v) is 6.82. The number of rotatable bonds is 2. The molecular formula is C12H13NOS2. The van der Waals surface area contributed by atoms with Gasteiger partial charge < -0.3 is 4.90 Å². The summed E-state index contributed by atoms with van der Waals surface area (Å²) in [6, 6.07) is 9.25. The third-order valence-corrected chi connectivity index (χ3v) is 3.91. The van der Waals surface area contributed by atoms with Crippen molar-refractivity contribution in [2.75, 3.05) is 24.6 Å². The van der Waals surface area contributed by atoms with Crippen LogP contribution < -0.4 is 0 Å². The highest BCUT2D eigenvalue weighted by molar-refractivity contribution is 7.99. The van der Waals surface area contributed by atoms with E-state index in [1.165, 1.54) is 0 Å². The van der Waals surface area contributed by atoms with Crippen molar-refractivity contribution in [1.82, 2.24) is 4.90 Å². The zero-order chi connectivity index (χ0) is 11.4. The third kappa shape index (κ3) is 2.62. The van der Waals surface area contributed by atoms with E-state index in [9.17, 15) is 4.79 Å². The number of carbonyl (C=O) groups is 1. The summed E-state index contributed by atoms with van der Waals surface area (Å²) >= 11 is 7.16. The van der Waals surface area contributed by atoms with Crippen molar-refractivity contribution in [1.29, 1.82) is 0 Å². The molecule has 0 unspecified atom stereocenters. The molecule has 0 radical (unpaired) electrons. The van der Waals surface area contributed by atoms with Gasteiger partial charge >= 0.3 is 0 Å². The van der Waals surface area contributed by atoms with E-state index in [4.69, 9.17) is 12.2 Å². The van der Waals surface area contributed by atoms with E-state index >= 15 is 0 Å². The van der Waals surface area contributed by atoms with Crippen LogP contribution in [0.2, 0.25) is 0 Å². The predicted octanol–water partition coefficient (Wildman–Crippen LogP) is 2.25. The Balaban J connectivity index is 2.07. The Morgan fingerprint density at radius 1 is 1.19 bits per heavy atom. The van der Waals surface area contributed by atoms with E-state index in [2.05, 4.69) is 0 Å². The van der Waals surface area contributed by atoms with Gasteiger partial charge in [-0.1, -0.05) is 42.5 Å². The lowest BCUT2D eigenvalue weighted by Crippen LogP contribution is -2.40. The Morgan fingerprint density at radius 2 is 1.81 bits per heavy atom. The van der Waals surface area contributed by atoms with Gasteiger partial charge in [0.1, 0.15) is 0 Å². The van der Waals surface area contributed by atoms with Crippen LogP contribution in [0.25, 0.3) is 0 Å². The number of benzene rings is 1. The van der Waals surface area contributed by atoms with Crippen molar-refractivity contribution in [3.63, 3.8) is 0 Å². The maximum atomic E-state index is 12.1. The summed E-state index contributed by atoms with van der Waals surface area (Å²) in [6.45, 7) is 1.78. The third-order valence-electron chi connectivity index (χ3n) is 2.53. The number of Topliss-reactive ketones (excluding diaryl/α,β-unsaturated/α-hetero) is 1. The highest BCUT2D eigenvalue weighted by atomic mass is 32.2. The van der Waals surface area contributed by atoms with Crippen molar-refractivity contribution in [2.45, 2.75) is 0 Å². The Kier molecular flexibility index (Phi) is 3.96. The monoisotopic (exact) mass is 251 g/mol. The molecule has 0 atom stereocenters. The Labute approximate surface area is 105 Å². The molecule has 0 aromatic heterocycles. The molecular weight excluding hydrogens is 238 g/mol. The minimum atomic E-state index is -0.0255. The molecule has 1 heterocycles. The average Bonchev–Trinajstić information content (AvgIpc) is 2.39. The highest BCUT2D eigenvalue weighted by Crippen LogP contribution is 2.12. The quantitative estimate of drug-likeness (QED) is 0.593. The topological polar surface area (TPSA) is 20.3 Å². The van der Waals surface area contributed by atoms with Crippen LogP contribution in [0.1, 0.15) is 10.4 Å². The molecule has 1 fully saturated rings. The molecule has 84 valence electrons. The van der Waals surface area contributed by atoms with Crippen LogP contribution in [-0.2, 0) is 0 Å². The normalized spacial score (nSPS) is 15.9. The maximum Gasteiger partial charge on any atom is 0.220 e. The van der Waals surface area contributed by atoms with Crippen molar-refractivity contribution in [3.05, 3.63) is 35.9 Å². The molecule has 1 aromatic rings. The van der Waals surface area contributed by atoms with Crippen LogP contribution in [-0.4, -0.2) is 40.3 Å². The zero-order valence-electron chi connectivity index (χ0n) is 8.89. The minimum absolute atomic E-state index is 0.0255. The van der Waals surface area contributed by atoms with Gasteiger partial charge in [-0.3, -0.25) is 4.79 Å². The van der Waals surface area contributed by atoms with Crippen LogP contribution in [0.4, 0.5) is 0 Å². The zero-order valence-corrected chi connectivity index (χ0v) is 10.5. The van der Waals surface area contributed by atoms with Gasteiger partial charge in [0.05, 0.1) is 0 Å². The van der Waals surface area contributed by atoms with Crippen LogP contribution in [0, 0.1) is 0 Å². The molecule has 0 saturated carbocycles. The fraction of sp³-hybridized carbons (Fsp3) is 0.333. The minimum Gasteiger partial charge on any atom is -0.358 e. The molecule has 16 heavy (non-hydrogen) atoms. The number of thioether (sulfide) groups is 1. The Morgan fingerprint density at radius 3 is 2.44 bits per heavy atom. The van der Waals surface area contributed by atoms with Gasteiger partial charge in [0, 0.05) is 30.2 Å². The summed E-state index contributed by atoms with van der Waals surface area (Å²) in [5.41, 5.74) is 0.686. The van der Waals surface area contributed by atoms with Gasteiger partial charge in [0.2, 0.25) is 5.78 Å². The van der Waals surface area contributed by atoms with E-state index in [-0.39, 0.29) is 5.78 Å². The Bertz CT molecular complexity index is 385. The number of hydrogen-bond donors (Lipinski definition) is 0. The van der Waals surface area contributed by atoms with Crippen molar-refractivity contribution >= 4 is 34.8 Å². The summed E-state index contributed by atoms with van der Waals surface area (Å²) in [5.74, 6) is 2.09. The molecule has 2 nitrogen and oxygen atoms in total. The van der Waals surface area contributed by atoms with E-state index in [0.717, 1.165) is 24.6 Å². The van der Waals surface area contributed by atoms with Gasteiger partial charge in [-0.15, -0.1) is 0 Å². The fourth-order valence-electron chi connectivity index (χ4n) is 1.62. The smallest absolute Gasteiger partial charge is 0.220 e. The molecule has 0 amide bonds. The summed E-state index contributed by atoms with van der Waals surface area (Å²) in [7, 11) is 0. The molecule has 1 aromatic carbocycles. The largest absolute Gasteiger partial charge is 0.358 e. The summed E-state index contributed by atoms with van der Waals surface area (Å²) < 4.78 is 0. The summed E-state index contributed by atoms with van der Waals surface area (Å²) in [4.78, 5) is 14.5. The van der Waals surface area contributed by atoms with Gasteiger partial charge in [0.15, 0.2) is 4.99 Å². The van der Waals surface area contributed by atoms with Gasteiger partial charge in [0.25, 0.3) is 0 Å². The number of carbonyl (C=O) groups excluding carboxylic acids is 1. The first-order chi connectivity index (χ1) is 7.79. The van der Waals surface area contributed by atoms with Crippen LogP contribution >= 0.6 is 24.0 Å². The predicted molar refractivity (Wildman–Crippen MR) is 72.3 cm³/mol. The first-order valence-electron chi connectivity index (χ1n) is 5.25. The highest BCUT2D eigenvalue weighted by Gasteiger charge is 2.20. The average molecular weight is 251 g/mol. The molecule has 0 N–H and O–H groups in total. The second-order valence-electron chi connectivity index (χ2n) is 3.60. The molecule has 1 aliphatic rings. The number of nitrogens with zero attached hydrogens (tertiary/aromatic N) is 1. The number of hydrogen-bond acceptors (Lipinski definition) is 3. The molecule has 0 spiro atoms. The van der Waals surface area contributed by atoms with Crippen molar-refractivity contribution in [2.24, 2.45) is 0 Å². The standard InChI is InChI=1S/C12H13NOS2/c14-11(10-4-2-1-3-5-10)12(15)13-6-8-16-9-7-13/h1-5H,6-9H2. The molecule has 1 saturated heterocycles. The van der Waals surface area contributed by atoms with Crippen LogP contribution in [0.5, 0.6) is 0 Å². The number of ketones is 1. The van der Waals surface area contributed by atoms with E-state index in [0.29, 0.717) is 10.6 Å². The van der Waals surface area contributed by atoms with Crippen LogP contribution in [0.3, 0.4) is 0 Å². The second kappa shape index (κ2) is 5.46. The molecule has 0 aliphatic carbocycles. The second-order valence-corrected chi connectivity index (χ2v) is 5.21. The van der Waals surface area contributed by atoms with Gasteiger partial charge in [-0.25, -0.2) is 0 Å². The van der Waals surface area contributed by atoms with Gasteiger partial charge in [-0.05, 0) is 0 Å². The van der Waals surface area contributed by atoms with E-state index < -0.39 is 0 Å². The lowest BCUT2D eigenvalue weighted by atomic mass is 10.1. The number of thiocarbonyl (C=S) groups is 1. The summed E-state index contributed by atoms with van der Waals surface area (Å²) in [6.07, 6.45) is 0. The molecule has 4 heteroatoms. The van der Waals surface area contributed by atoms with E-state index in [1.807, 2.05) is 47.0 Å². The molecule has 1 aliphatic heterocycles. The first kappa shape index (κ1) is 11.6. The molecule has 0 bridgehead atoms. The maximum absolute atomic E-state index is 12.1. The lowest BCUT2D eigenvalue weighted by molar-refractivity contribution is 0.105. The van der Waals surface area contributed by atoms with E-state index in [1.54, 1.807) is 0 Å². The van der Waals surface area contributed by atoms with Crippen molar-refractivity contribution in [3.8, 4) is 0 Å². The van der Waals surface area contributed by atoms with Crippen molar-refractivity contribution < 1.29 is 4.79 Å². The lowest BCUT2D eigenvalue weighted by Gasteiger charge is -2.27. The SMILES string of the molecule is O=C(C(=S)N1CCSCC1)c1ccccc1. The van der Waals surface area contributed by atoms with Crippen LogP contribution in [0.15, 0.2) is 30.3 Å². The molecule has 2 rings (SSSR count). The summed E-state index contributed by atoms with van der Waals surface area (Å²) in [5, 5.41) is 0. The Hall–Kier alpha value is -0.870.